The molecule has 0 heterocycles. The fraction of sp³-hybridized carbons (Fsp3) is 0.136. The van der Waals surface area contributed by atoms with Crippen molar-refractivity contribution in [3.05, 3.63) is 77.3 Å². The summed E-state index contributed by atoms with van der Waals surface area (Å²) in [7, 11) is -2.55. The molecule has 0 aliphatic heterocycles. The second-order valence-electron chi connectivity index (χ2n) is 6.66. The third-order valence-corrected chi connectivity index (χ3v) is 6.90. The standard InChI is InChI=1S/C22H21ClN2O5S2/c1-30-21-8-3-2-7-18(21)25-32(28,29)17-9-10-20(26)19(12-17)24-22(27)14-31-13-15-5-4-6-16(23)11-15/h2-12,25-26H,13-14H2,1H3,(H,24,27). The summed E-state index contributed by atoms with van der Waals surface area (Å²) in [5.41, 5.74) is 1.25. The lowest BCUT2D eigenvalue weighted by Gasteiger charge is -2.13. The minimum absolute atomic E-state index is 0.00116. The zero-order valence-corrected chi connectivity index (χ0v) is 19.4. The highest BCUT2D eigenvalue weighted by Crippen LogP contribution is 2.30. The van der Waals surface area contributed by atoms with E-state index in [0.29, 0.717) is 16.5 Å². The molecule has 10 heteroatoms. The Balaban J connectivity index is 1.67. The van der Waals surface area contributed by atoms with Crippen molar-refractivity contribution in [2.24, 2.45) is 0 Å². The van der Waals surface area contributed by atoms with Crippen molar-refractivity contribution >= 4 is 50.7 Å². The Kier molecular flexibility index (Phi) is 7.89. The topological polar surface area (TPSA) is 105 Å². The molecule has 0 aromatic heterocycles. The number of carbonyl (C=O) groups is 1. The minimum Gasteiger partial charge on any atom is -0.506 e. The maximum absolute atomic E-state index is 12.8. The van der Waals surface area contributed by atoms with Crippen LogP contribution in [-0.2, 0) is 20.6 Å². The van der Waals surface area contributed by atoms with E-state index in [1.54, 1.807) is 30.3 Å². The number of sulfonamides is 1. The molecule has 0 unspecified atom stereocenters. The molecule has 168 valence electrons. The van der Waals surface area contributed by atoms with Gasteiger partial charge in [0.2, 0.25) is 5.91 Å². The molecular weight excluding hydrogens is 472 g/mol. The van der Waals surface area contributed by atoms with Crippen LogP contribution in [0, 0.1) is 0 Å². The van der Waals surface area contributed by atoms with Crippen LogP contribution in [0.3, 0.4) is 0 Å². The average Bonchev–Trinajstić information content (AvgIpc) is 2.75. The first-order valence-corrected chi connectivity index (χ1v) is 12.4. The summed E-state index contributed by atoms with van der Waals surface area (Å²) in [5.74, 6) is 0.439. The first-order chi connectivity index (χ1) is 15.3. The number of aromatic hydroxyl groups is 1. The van der Waals surface area contributed by atoms with Gasteiger partial charge < -0.3 is 15.2 Å². The number of ether oxygens (including phenoxy) is 1. The van der Waals surface area contributed by atoms with Gasteiger partial charge in [0.1, 0.15) is 11.5 Å². The van der Waals surface area contributed by atoms with Gasteiger partial charge in [-0.3, -0.25) is 9.52 Å². The predicted octanol–water partition coefficient (Wildman–Crippen LogP) is 4.73. The summed E-state index contributed by atoms with van der Waals surface area (Å²) in [6, 6.07) is 17.6. The lowest BCUT2D eigenvalue weighted by molar-refractivity contribution is -0.113. The van der Waals surface area contributed by atoms with Crippen LogP contribution in [0.15, 0.2) is 71.6 Å². The number of hydrogen-bond acceptors (Lipinski definition) is 6. The first kappa shape index (κ1) is 23.8. The van der Waals surface area contributed by atoms with Gasteiger partial charge in [-0.2, -0.15) is 0 Å². The number of nitrogens with one attached hydrogen (secondary N) is 2. The average molecular weight is 493 g/mol. The van der Waals surface area contributed by atoms with E-state index in [2.05, 4.69) is 10.0 Å². The van der Waals surface area contributed by atoms with E-state index < -0.39 is 10.0 Å². The van der Waals surface area contributed by atoms with Crippen LogP contribution in [0.25, 0.3) is 0 Å². The van der Waals surface area contributed by atoms with Crippen LogP contribution in [0.2, 0.25) is 5.02 Å². The molecule has 0 saturated carbocycles. The zero-order chi connectivity index (χ0) is 23.1. The Hall–Kier alpha value is -2.88. The molecule has 1 amide bonds. The van der Waals surface area contributed by atoms with E-state index in [4.69, 9.17) is 16.3 Å². The Morgan fingerprint density at radius 2 is 1.84 bits per heavy atom. The molecule has 0 radical (unpaired) electrons. The normalized spacial score (nSPS) is 11.1. The number of hydrogen-bond donors (Lipinski definition) is 3. The summed E-state index contributed by atoms with van der Waals surface area (Å²) >= 11 is 7.32. The van der Waals surface area contributed by atoms with Gasteiger partial charge in [-0.15, -0.1) is 11.8 Å². The summed E-state index contributed by atoms with van der Waals surface area (Å²) < 4.78 is 33.2. The van der Waals surface area contributed by atoms with E-state index in [1.807, 2.05) is 18.2 Å². The maximum Gasteiger partial charge on any atom is 0.262 e. The molecule has 0 atom stereocenters. The zero-order valence-electron chi connectivity index (χ0n) is 17.0. The molecule has 3 rings (SSSR count). The van der Waals surface area contributed by atoms with Gasteiger partial charge in [0.05, 0.1) is 29.1 Å². The molecule has 7 nitrogen and oxygen atoms in total. The Labute approximate surface area is 195 Å². The van der Waals surface area contributed by atoms with Gasteiger partial charge in [0, 0.05) is 10.8 Å². The third-order valence-electron chi connectivity index (χ3n) is 4.29. The number of phenols is 1. The maximum atomic E-state index is 12.8. The van der Waals surface area contributed by atoms with Crippen molar-refractivity contribution in [1.82, 2.24) is 0 Å². The highest BCUT2D eigenvalue weighted by Gasteiger charge is 2.19. The lowest BCUT2D eigenvalue weighted by Crippen LogP contribution is -2.16. The molecule has 0 bridgehead atoms. The Morgan fingerprint density at radius 3 is 2.59 bits per heavy atom. The van der Waals surface area contributed by atoms with Crippen molar-refractivity contribution < 1.29 is 23.1 Å². The van der Waals surface area contributed by atoms with Gasteiger partial charge in [-0.05, 0) is 48.0 Å². The Bertz CT molecular complexity index is 1220. The molecule has 3 aromatic carbocycles. The fourth-order valence-electron chi connectivity index (χ4n) is 2.79. The number of para-hydroxylation sites is 2. The van der Waals surface area contributed by atoms with E-state index >= 15 is 0 Å². The van der Waals surface area contributed by atoms with Crippen molar-refractivity contribution in [2.75, 3.05) is 22.9 Å². The van der Waals surface area contributed by atoms with Gasteiger partial charge in [-0.1, -0.05) is 35.9 Å². The number of benzene rings is 3. The van der Waals surface area contributed by atoms with Gasteiger partial charge in [0.25, 0.3) is 10.0 Å². The summed E-state index contributed by atoms with van der Waals surface area (Å²) in [5, 5.41) is 13.3. The molecule has 0 aliphatic carbocycles. The number of anilines is 2. The molecule has 0 spiro atoms. The number of methoxy groups -OCH3 is 1. The van der Waals surface area contributed by atoms with E-state index in [-0.39, 0.29) is 33.7 Å². The summed E-state index contributed by atoms with van der Waals surface area (Å²) in [6.45, 7) is 0. The van der Waals surface area contributed by atoms with Crippen LogP contribution in [0.5, 0.6) is 11.5 Å². The molecule has 32 heavy (non-hydrogen) atoms. The molecule has 0 saturated heterocycles. The smallest absolute Gasteiger partial charge is 0.262 e. The van der Waals surface area contributed by atoms with Crippen molar-refractivity contribution in [3.63, 3.8) is 0 Å². The Morgan fingerprint density at radius 1 is 1.06 bits per heavy atom. The van der Waals surface area contributed by atoms with Crippen LogP contribution in [0.4, 0.5) is 11.4 Å². The van der Waals surface area contributed by atoms with Gasteiger partial charge in [0.15, 0.2) is 0 Å². The van der Waals surface area contributed by atoms with Gasteiger partial charge in [-0.25, -0.2) is 8.42 Å². The second-order valence-corrected chi connectivity index (χ2v) is 9.76. The minimum atomic E-state index is -3.99. The van der Waals surface area contributed by atoms with Crippen LogP contribution < -0.4 is 14.8 Å². The SMILES string of the molecule is COc1ccccc1NS(=O)(=O)c1ccc(O)c(NC(=O)CSCc2cccc(Cl)c2)c1. The number of thioether (sulfide) groups is 1. The second kappa shape index (κ2) is 10.6. The molecule has 3 aromatic rings. The number of halogens is 1. The molecule has 0 aliphatic rings. The monoisotopic (exact) mass is 492 g/mol. The first-order valence-electron chi connectivity index (χ1n) is 9.39. The predicted molar refractivity (Wildman–Crippen MR) is 128 cm³/mol. The summed E-state index contributed by atoms with van der Waals surface area (Å²) in [6.07, 6.45) is 0. The number of phenolic OH excluding ortho intramolecular Hbond substituents is 1. The summed E-state index contributed by atoms with van der Waals surface area (Å²) in [4.78, 5) is 12.2. The quantitative estimate of drug-likeness (QED) is 0.373. The highest BCUT2D eigenvalue weighted by molar-refractivity contribution is 7.99. The number of amides is 1. The van der Waals surface area contributed by atoms with Crippen molar-refractivity contribution in [2.45, 2.75) is 10.6 Å². The van der Waals surface area contributed by atoms with Crippen molar-refractivity contribution in [3.8, 4) is 11.5 Å². The van der Waals surface area contributed by atoms with E-state index in [1.165, 1.54) is 37.1 Å². The fourth-order valence-corrected chi connectivity index (χ4v) is 4.87. The van der Waals surface area contributed by atoms with E-state index in [9.17, 15) is 18.3 Å². The largest absolute Gasteiger partial charge is 0.506 e. The molecule has 0 fully saturated rings. The van der Waals surface area contributed by atoms with Crippen molar-refractivity contribution in [1.29, 1.82) is 0 Å². The molecular formula is C22H21ClN2O5S2. The van der Waals surface area contributed by atoms with Crippen LogP contribution in [-0.4, -0.2) is 32.3 Å². The number of carbonyl (C=O) groups excluding carboxylic acids is 1. The molecule has 3 N–H and O–H groups in total. The van der Waals surface area contributed by atoms with Gasteiger partial charge >= 0.3 is 0 Å². The van der Waals surface area contributed by atoms with Crippen LogP contribution >= 0.6 is 23.4 Å². The third kappa shape index (κ3) is 6.32. The van der Waals surface area contributed by atoms with Crippen LogP contribution in [0.1, 0.15) is 5.56 Å². The number of rotatable bonds is 9. The lowest BCUT2D eigenvalue weighted by atomic mass is 10.2. The highest BCUT2D eigenvalue weighted by atomic mass is 35.5. The van der Waals surface area contributed by atoms with E-state index in [0.717, 1.165) is 5.56 Å².